The predicted octanol–water partition coefficient (Wildman–Crippen LogP) is 6.31. The maximum Gasteiger partial charge on any atom is -0.0114 e. The molecule has 0 nitrogen and oxygen atoms in total. The molecule has 112 valence electrons. The van der Waals surface area contributed by atoms with E-state index in [4.69, 9.17) is 0 Å². The molecule has 0 heterocycles. The van der Waals surface area contributed by atoms with Crippen molar-refractivity contribution in [1.29, 1.82) is 0 Å². The lowest BCUT2D eigenvalue weighted by molar-refractivity contribution is -0.0510. The van der Waals surface area contributed by atoms with Crippen molar-refractivity contribution in [3.05, 3.63) is 36.5 Å². The minimum atomic E-state index is 0.453. The Balaban J connectivity index is 2.28. The summed E-state index contributed by atoms with van der Waals surface area (Å²) in [4.78, 5) is 0. The van der Waals surface area contributed by atoms with Crippen LogP contribution in [0.1, 0.15) is 66.2 Å². The summed E-state index contributed by atoms with van der Waals surface area (Å²) in [7, 11) is 0. The van der Waals surface area contributed by atoms with Crippen molar-refractivity contribution in [3.8, 4) is 0 Å². The van der Waals surface area contributed by atoms with Crippen molar-refractivity contribution >= 4 is 0 Å². The van der Waals surface area contributed by atoms with E-state index in [-0.39, 0.29) is 0 Å². The van der Waals surface area contributed by atoms with Gasteiger partial charge in [-0.1, -0.05) is 63.6 Å². The van der Waals surface area contributed by atoms with Crippen molar-refractivity contribution in [2.45, 2.75) is 66.2 Å². The van der Waals surface area contributed by atoms with E-state index in [2.05, 4.69) is 46.9 Å². The molecule has 0 aliphatic heterocycles. The Kier molecular flexibility index (Phi) is 4.33. The van der Waals surface area contributed by atoms with E-state index >= 15 is 0 Å². The van der Waals surface area contributed by atoms with Crippen LogP contribution in [-0.2, 0) is 0 Å². The van der Waals surface area contributed by atoms with Crippen molar-refractivity contribution in [2.24, 2.45) is 22.7 Å². The Hall–Kier alpha value is -0.780. The van der Waals surface area contributed by atoms with E-state index in [1.54, 1.807) is 0 Å². The van der Waals surface area contributed by atoms with Crippen LogP contribution in [0.3, 0.4) is 0 Å². The number of hydrogen-bond donors (Lipinski definition) is 0. The Morgan fingerprint density at radius 3 is 2.65 bits per heavy atom. The van der Waals surface area contributed by atoms with E-state index in [0.717, 1.165) is 12.3 Å². The van der Waals surface area contributed by atoms with E-state index in [1.165, 1.54) is 43.3 Å². The quantitative estimate of drug-likeness (QED) is 0.417. The van der Waals surface area contributed by atoms with Crippen LogP contribution < -0.4 is 0 Å². The van der Waals surface area contributed by atoms with Crippen molar-refractivity contribution in [2.75, 3.05) is 0 Å². The lowest BCUT2D eigenvalue weighted by Gasteiger charge is -2.58. The molecule has 0 amide bonds. The number of hydrogen-bond acceptors (Lipinski definition) is 0. The van der Waals surface area contributed by atoms with Crippen LogP contribution in [-0.4, -0.2) is 0 Å². The Bertz CT molecular complexity index is 423. The highest BCUT2D eigenvalue weighted by molar-refractivity contribution is 5.20. The normalized spacial score (nSPS) is 37.4. The van der Waals surface area contributed by atoms with Crippen LogP contribution in [0.15, 0.2) is 36.5 Å². The first-order valence-electron chi connectivity index (χ1n) is 8.28. The molecule has 0 unspecified atom stereocenters. The summed E-state index contributed by atoms with van der Waals surface area (Å²) in [6, 6.07) is 0. The third kappa shape index (κ3) is 2.67. The molecular weight excluding hydrogens is 240 g/mol. The molecular formula is C20H32. The third-order valence-electron chi connectivity index (χ3n) is 6.32. The average molecular weight is 272 g/mol. The van der Waals surface area contributed by atoms with Crippen LogP contribution in [0.2, 0.25) is 0 Å². The van der Waals surface area contributed by atoms with Gasteiger partial charge in [0.1, 0.15) is 0 Å². The number of allylic oxidation sites excluding steroid dienone is 4. The maximum atomic E-state index is 4.43. The number of rotatable bonds is 3. The zero-order chi connectivity index (χ0) is 15.0. The maximum absolute atomic E-state index is 4.43. The molecule has 0 heteroatoms. The minimum absolute atomic E-state index is 0.453. The van der Waals surface area contributed by atoms with Crippen molar-refractivity contribution in [1.82, 2.24) is 0 Å². The van der Waals surface area contributed by atoms with Gasteiger partial charge < -0.3 is 0 Å². The van der Waals surface area contributed by atoms with Crippen LogP contribution in [0.5, 0.6) is 0 Å². The first-order valence-corrected chi connectivity index (χ1v) is 8.28. The first-order chi connectivity index (χ1) is 9.31. The van der Waals surface area contributed by atoms with Crippen LogP contribution in [0.25, 0.3) is 0 Å². The standard InChI is InChI=1S/C20H32/c1-7-15(2)9-11-17-16(3)10-12-18-19(4,5)13-8-14-20(17,18)6/h7,9,17-18H,1,3,8,10-14H2,2,4-6H3/b15-9+/t17-,18+,20+/m0/s1. The summed E-state index contributed by atoms with van der Waals surface area (Å²) in [5.74, 6) is 1.52. The van der Waals surface area contributed by atoms with Gasteiger partial charge in [0, 0.05) is 0 Å². The van der Waals surface area contributed by atoms with Crippen molar-refractivity contribution < 1.29 is 0 Å². The monoisotopic (exact) mass is 272 g/mol. The minimum Gasteiger partial charge on any atom is -0.0995 e. The zero-order valence-electron chi connectivity index (χ0n) is 14.0. The summed E-state index contributed by atoms with van der Waals surface area (Å²) >= 11 is 0. The molecule has 2 rings (SSSR count). The molecule has 0 saturated heterocycles. The van der Waals surface area contributed by atoms with E-state index < -0.39 is 0 Å². The first kappa shape index (κ1) is 15.6. The summed E-state index contributed by atoms with van der Waals surface area (Å²) < 4.78 is 0. The molecule has 0 radical (unpaired) electrons. The van der Waals surface area contributed by atoms with Crippen LogP contribution >= 0.6 is 0 Å². The van der Waals surface area contributed by atoms with E-state index in [0.29, 0.717) is 16.7 Å². The van der Waals surface area contributed by atoms with Gasteiger partial charge in [-0.05, 0) is 61.7 Å². The van der Waals surface area contributed by atoms with Gasteiger partial charge in [0.05, 0.1) is 0 Å². The molecule has 0 aromatic rings. The molecule has 2 fully saturated rings. The highest BCUT2D eigenvalue weighted by Gasteiger charge is 2.52. The molecule has 0 N–H and O–H groups in total. The topological polar surface area (TPSA) is 0 Å². The van der Waals surface area contributed by atoms with Crippen molar-refractivity contribution in [3.63, 3.8) is 0 Å². The third-order valence-corrected chi connectivity index (χ3v) is 6.32. The molecule has 0 bridgehead atoms. The molecule has 2 saturated carbocycles. The van der Waals surface area contributed by atoms with Gasteiger partial charge in [-0.15, -0.1) is 0 Å². The Morgan fingerprint density at radius 1 is 1.30 bits per heavy atom. The molecule has 3 atom stereocenters. The van der Waals surface area contributed by atoms with Gasteiger partial charge in [0.2, 0.25) is 0 Å². The molecule has 0 aromatic carbocycles. The summed E-state index contributed by atoms with van der Waals surface area (Å²) in [5, 5.41) is 0. The molecule has 0 spiro atoms. The summed E-state index contributed by atoms with van der Waals surface area (Å²) in [6.07, 6.45) is 12.2. The smallest absolute Gasteiger partial charge is 0.0114 e. The number of fused-ring (bicyclic) bond motifs is 1. The van der Waals surface area contributed by atoms with Gasteiger partial charge in [-0.2, -0.15) is 0 Å². The van der Waals surface area contributed by atoms with Gasteiger partial charge in [-0.3, -0.25) is 0 Å². The second-order valence-corrected chi connectivity index (χ2v) is 8.04. The van der Waals surface area contributed by atoms with Gasteiger partial charge in [0.25, 0.3) is 0 Å². The van der Waals surface area contributed by atoms with E-state index in [9.17, 15) is 0 Å². The van der Waals surface area contributed by atoms with Gasteiger partial charge >= 0.3 is 0 Å². The largest absolute Gasteiger partial charge is 0.0995 e. The predicted molar refractivity (Wildman–Crippen MR) is 89.7 cm³/mol. The van der Waals surface area contributed by atoms with Gasteiger partial charge in [0.15, 0.2) is 0 Å². The SMILES string of the molecule is C=C/C(C)=C/C[C@H]1C(=C)CC[C@@H]2C(C)(C)CCC[C@@]21C. The van der Waals surface area contributed by atoms with Gasteiger partial charge in [-0.25, -0.2) is 0 Å². The highest BCUT2D eigenvalue weighted by Crippen LogP contribution is 2.61. The second kappa shape index (κ2) is 5.54. The molecule has 0 aromatic heterocycles. The average Bonchev–Trinajstić information content (AvgIpc) is 2.36. The Labute approximate surface area is 126 Å². The van der Waals surface area contributed by atoms with Crippen LogP contribution in [0, 0.1) is 22.7 Å². The van der Waals surface area contributed by atoms with Crippen LogP contribution in [0.4, 0.5) is 0 Å². The lowest BCUT2D eigenvalue weighted by Crippen LogP contribution is -2.49. The fraction of sp³-hybridized carbons (Fsp3) is 0.700. The second-order valence-electron chi connectivity index (χ2n) is 8.04. The highest BCUT2D eigenvalue weighted by atomic mass is 14.6. The molecule has 2 aliphatic carbocycles. The fourth-order valence-corrected chi connectivity index (χ4v) is 5.10. The summed E-state index contributed by atoms with van der Waals surface area (Å²) in [5.41, 5.74) is 3.76. The van der Waals surface area contributed by atoms with E-state index in [1.807, 2.05) is 6.08 Å². The molecule has 2 aliphatic rings. The Morgan fingerprint density at radius 2 is 2.00 bits per heavy atom. The fourth-order valence-electron chi connectivity index (χ4n) is 5.10. The molecule has 20 heavy (non-hydrogen) atoms. The lowest BCUT2D eigenvalue weighted by atomic mass is 9.47. The zero-order valence-corrected chi connectivity index (χ0v) is 14.0. The summed E-state index contributed by atoms with van der Waals surface area (Å²) in [6.45, 7) is 18.0.